The van der Waals surface area contributed by atoms with Crippen molar-refractivity contribution in [1.29, 1.82) is 0 Å². The Morgan fingerprint density at radius 2 is 2.10 bits per heavy atom. The van der Waals surface area contributed by atoms with Gasteiger partial charge in [0.15, 0.2) is 0 Å². The molecule has 6 heteroatoms. The summed E-state index contributed by atoms with van der Waals surface area (Å²) in [5.41, 5.74) is 6.59. The van der Waals surface area contributed by atoms with Crippen molar-refractivity contribution in [3.05, 3.63) is 35.4 Å². The number of benzene rings is 1. The van der Waals surface area contributed by atoms with Gasteiger partial charge in [0.05, 0.1) is 0 Å². The highest BCUT2D eigenvalue weighted by molar-refractivity contribution is 5.94. The third kappa shape index (κ3) is 3.71. The van der Waals surface area contributed by atoms with Gasteiger partial charge in [0.25, 0.3) is 5.91 Å². The van der Waals surface area contributed by atoms with E-state index < -0.39 is 6.03 Å². The number of nitrogens with one attached hydrogen (secondary N) is 2. The molecule has 4 N–H and O–H groups in total. The topological polar surface area (TPSA) is 87.5 Å². The molecule has 1 heterocycles. The molecule has 2 rings (SSSR count). The Morgan fingerprint density at radius 1 is 1.40 bits per heavy atom. The van der Waals surface area contributed by atoms with E-state index in [1.165, 1.54) is 0 Å². The van der Waals surface area contributed by atoms with Crippen LogP contribution in [0, 0.1) is 0 Å². The van der Waals surface area contributed by atoms with Crippen LogP contribution >= 0.6 is 0 Å². The van der Waals surface area contributed by atoms with Crippen molar-refractivity contribution in [3.63, 3.8) is 0 Å². The summed E-state index contributed by atoms with van der Waals surface area (Å²) in [6.45, 7) is 4.72. The van der Waals surface area contributed by atoms with Crippen molar-refractivity contribution < 1.29 is 9.59 Å². The maximum absolute atomic E-state index is 12.3. The number of piperazine rings is 1. The predicted molar refractivity (Wildman–Crippen MR) is 76.2 cm³/mol. The van der Waals surface area contributed by atoms with Crippen LogP contribution in [-0.2, 0) is 6.54 Å². The lowest BCUT2D eigenvalue weighted by atomic mass is 10.1. The van der Waals surface area contributed by atoms with E-state index in [1.54, 1.807) is 12.1 Å². The van der Waals surface area contributed by atoms with Gasteiger partial charge in [-0.1, -0.05) is 12.1 Å². The number of rotatable bonds is 3. The molecule has 0 unspecified atom stereocenters. The lowest BCUT2D eigenvalue weighted by molar-refractivity contribution is 0.0709. The zero-order chi connectivity index (χ0) is 14.5. The summed E-state index contributed by atoms with van der Waals surface area (Å²) in [5.74, 6) is 0.0489. The Balaban J connectivity index is 1.98. The van der Waals surface area contributed by atoms with E-state index in [0.29, 0.717) is 18.2 Å². The van der Waals surface area contributed by atoms with E-state index in [4.69, 9.17) is 5.73 Å². The van der Waals surface area contributed by atoms with Crippen LogP contribution in [0.1, 0.15) is 22.8 Å². The van der Waals surface area contributed by atoms with Gasteiger partial charge in [0.1, 0.15) is 0 Å². The summed E-state index contributed by atoms with van der Waals surface area (Å²) < 4.78 is 0. The molecule has 1 aliphatic rings. The van der Waals surface area contributed by atoms with Crippen LogP contribution in [0.15, 0.2) is 24.3 Å². The lowest BCUT2D eigenvalue weighted by Gasteiger charge is -2.32. The fourth-order valence-corrected chi connectivity index (χ4v) is 2.25. The van der Waals surface area contributed by atoms with Crippen molar-refractivity contribution in [2.24, 2.45) is 5.73 Å². The van der Waals surface area contributed by atoms with E-state index >= 15 is 0 Å². The first-order valence-corrected chi connectivity index (χ1v) is 6.71. The van der Waals surface area contributed by atoms with Crippen LogP contribution in [-0.4, -0.2) is 42.5 Å². The van der Waals surface area contributed by atoms with Gasteiger partial charge in [0.2, 0.25) is 0 Å². The molecular formula is C14H20N4O2. The number of hydrogen-bond acceptors (Lipinski definition) is 3. The quantitative estimate of drug-likeness (QED) is 0.741. The van der Waals surface area contributed by atoms with E-state index in [9.17, 15) is 9.59 Å². The third-order valence-corrected chi connectivity index (χ3v) is 3.32. The van der Waals surface area contributed by atoms with Crippen LogP contribution in [0.2, 0.25) is 0 Å². The molecule has 0 aromatic heterocycles. The van der Waals surface area contributed by atoms with Crippen LogP contribution in [0.5, 0.6) is 0 Å². The van der Waals surface area contributed by atoms with Crippen molar-refractivity contribution in [2.75, 3.05) is 19.6 Å². The number of urea groups is 1. The molecule has 6 nitrogen and oxygen atoms in total. The molecule has 0 bridgehead atoms. The number of amides is 3. The van der Waals surface area contributed by atoms with Crippen molar-refractivity contribution in [2.45, 2.75) is 19.5 Å². The van der Waals surface area contributed by atoms with Crippen molar-refractivity contribution >= 4 is 11.9 Å². The summed E-state index contributed by atoms with van der Waals surface area (Å²) in [7, 11) is 0. The van der Waals surface area contributed by atoms with E-state index in [-0.39, 0.29) is 5.91 Å². The number of hydrogen-bond donors (Lipinski definition) is 3. The molecule has 0 saturated carbocycles. The Labute approximate surface area is 118 Å². The number of nitrogens with two attached hydrogens (primary N) is 1. The zero-order valence-electron chi connectivity index (χ0n) is 11.6. The number of carbonyl (C=O) groups excluding carboxylic acids is 2. The second kappa shape index (κ2) is 6.38. The predicted octanol–water partition coefficient (Wildman–Crippen LogP) is 0.289. The highest BCUT2D eigenvalue weighted by atomic mass is 16.2. The average Bonchev–Trinajstić information content (AvgIpc) is 2.45. The minimum atomic E-state index is -0.556. The summed E-state index contributed by atoms with van der Waals surface area (Å²) in [6.07, 6.45) is 0. The first-order chi connectivity index (χ1) is 9.56. The summed E-state index contributed by atoms with van der Waals surface area (Å²) in [5, 5.41) is 5.82. The summed E-state index contributed by atoms with van der Waals surface area (Å²) >= 11 is 0. The fourth-order valence-electron chi connectivity index (χ4n) is 2.25. The van der Waals surface area contributed by atoms with E-state index in [0.717, 1.165) is 25.2 Å². The first kappa shape index (κ1) is 14.3. The van der Waals surface area contributed by atoms with Crippen molar-refractivity contribution in [1.82, 2.24) is 15.5 Å². The van der Waals surface area contributed by atoms with Gasteiger partial charge in [-0.3, -0.25) is 4.79 Å². The smallest absolute Gasteiger partial charge is 0.312 e. The Hall–Kier alpha value is -2.08. The molecule has 108 valence electrons. The van der Waals surface area contributed by atoms with Crippen LogP contribution < -0.4 is 16.4 Å². The maximum atomic E-state index is 12.3. The highest BCUT2D eigenvalue weighted by Gasteiger charge is 2.21. The summed E-state index contributed by atoms with van der Waals surface area (Å²) in [6, 6.07) is 7.00. The molecule has 0 aliphatic carbocycles. The van der Waals surface area contributed by atoms with Gasteiger partial charge >= 0.3 is 6.03 Å². The number of carbonyl (C=O) groups is 2. The Morgan fingerprint density at radius 3 is 2.70 bits per heavy atom. The first-order valence-electron chi connectivity index (χ1n) is 6.71. The van der Waals surface area contributed by atoms with Gasteiger partial charge in [-0.15, -0.1) is 0 Å². The van der Waals surface area contributed by atoms with Gasteiger partial charge < -0.3 is 21.3 Å². The molecular weight excluding hydrogens is 256 g/mol. The van der Waals surface area contributed by atoms with Crippen LogP contribution in [0.4, 0.5) is 4.79 Å². The van der Waals surface area contributed by atoms with Crippen LogP contribution in [0.25, 0.3) is 0 Å². The van der Waals surface area contributed by atoms with Crippen LogP contribution in [0.3, 0.4) is 0 Å². The molecule has 1 aliphatic heterocycles. The maximum Gasteiger partial charge on any atom is 0.312 e. The van der Waals surface area contributed by atoms with Gasteiger partial charge in [0, 0.05) is 37.8 Å². The van der Waals surface area contributed by atoms with Crippen molar-refractivity contribution in [3.8, 4) is 0 Å². The monoisotopic (exact) mass is 276 g/mol. The summed E-state index contributed by atoms with van der Waals surface area (Å²) in [4.78, 5) is 24.8. The fraction of sp³-hybridized carbons (Fsp3) is 0.429. The number of nitrogens with zero attached hydrogens (tertiary/aromatic N) is 1. The van der Waals surface area contributed by atoms with Gasteiger partial charge in [-0.05, 0) is 24.6 Å². The molecule has 1 saturated heterocycles. The number of primary amides is 1. The molecule has 1 aromatic carbocycles. The second-order valence-electron chi connectivity index (χ2n) is 5.02. The molecule has 20 heavy (non-hydrogen) atoms. The lowest BCUT2D eigenvalue weighted by Crippen LogP contribution is -2.51. The largest absolute Gasteiger partial charge is 0.352 e. The minimum Gasteiger partial charge on any atom is -0.352 e. The average molecular weight is 276 g/mol. The minimum absolute atomic E-state index is 0.0489. The molecule has 1 atom stereocenters. The second-order valence-corrected chi connectivity index (χ2v) is 5.02. The molecule has 3 amide bonds. The Bertz CT molecular complexity index is 486. The SMILES string of the molecule is C[C@H]1CN(C(=O)c2ccc(CNC(N)=O)cc2)CCN1. The molecule has 0 spiro atoms. The molecule has 1 fully saturated rings. The van der Waals surface area contributed by atoms with E-state index in [2.05, 4.69) is 17.6 Å². The van der Waals surface area contributed by atoms with Gasteiger partial charge in [-0.2, -0.15) is 0 Å². The molecule has 0 radical (unpaired) electrons. The van der Waals surface area contributed by atoms with E-state index in [1.807, 2.05) is 17.0 Å². The zero-order valence-corrected chi connectivity index (χ0v) is 11.6. The third-order valence-electron chi connectivity index (χ3n) is 3.32. The Kier molecular flexibility index (Phi) is 4.57. The molecule has 1 aromatic rings. The normalized spacial score (nSPS) is 18.6. The highest BCUT2D eigenvalue weighted by Crippen LogP contribution is 2.10. The standard InChI is InChI=1S/C14H20N4O2/c1-10-9-18(7-6-16-10)13(19)12-4-2-11(3-5-12)8-17-14(15)20/h2-5,10,16H,6-9H2,1H3,(H3,15,17,20)/t10-/m0/s1. The van der Waals surface area contributed by atoms with Gasteiger partial charge in [-0.25, -0.2) is 4.79 Å².